The zero-order valence-corrected chi connectivity index (χ0v) is 16.4. The van der Waals surface area contributed by atoms with Gasteiger partial charge in [-0.15, -0.1) is 0 Å². The summed E-state index contributed by atoms with van der Waals surface area (Å²) < 4.78 is 48.4. The van der Waals surface area contributed by atoms with E-state index in [0.717, 1.165) is 17.3 Å². The number of fused-ring (bicyclic) bond motifs is 1. The molecule has 0 fully saturated rings. The zero-order chi connectivity index (χ0) is 20.6. The van der Waals surface area contributed by atoms with Crippen molar-refractivity contribution < 1.29 is 17.5 Å². The van der Waals surface area contributed by atoms with Crippen LogP contribution in [0.15, 0.2) is 65.8 Å². The van der Waals surface area contributed by atoms with Crippen LogP contribution in [0.2, 0.25) is 0 Å². The number of nitrogens with one attached hydrogen (secondary N) is 1. The van der Waals surface area contributed by atoms with E-state index >= 15 is 0 Å². The molecule has 29 heavy (non-hydrogen) atoms. The predicted molar refractivity (Wildman–Crippen MR) is 107 cm³/mol. The number of rotatable bonds is 5. The predicted octanol–water partition coefficient (Wildman–Crippen LogP) is 3.65. The lowest BCUT2D eigenvalue weighted by molar-refractivity contribution is 0.385. The Morgan fingerprint density at radius 1 is 1.14 bits per heavy atom. The van der Waals surface area contributed by atoms with Crippen molar-refractivity contribution in [3.63, 3.8) is 0 Å². The third kappa shape index (κ3) is 3.52. The van der Waals surface area contributed by atoms with Gasteiger partial charge in [-0.3, -0.25) is 9.12 Å². The third-order valence-corrected chi connectivity index (χ3v) is 5.84. The number of hydrogen-bond donors (Lipinski definition) is 1. The van der Waals surface area contributed by atoms with E-state index in [1.54, 1.807) is 24.4 Å². The van der Waals surface area contributed by atoms with Crippen LogP contribution in [0.5, 0.6) is 5.75 Å². The first-order chi connectivity index (χ1) is 13.9. The molecule has 0 spiro atoms. The molecule has 0 saturated heterocycles. The number of aromatic nitrogens is 3. The van der Waals surface area contributed by atoms with E-state index in [-0.39, 0.29) is 10.6 Å². The minimum atomic E-state index is -3.98. The van der Waals surface area contributed by atoms with Crippen LogP contribution in [0.4, 0.5) is 10.1 Å². The highest BCUT2D eigenvalue weighted by atomic mass is 32.2. The largest absolute Gasteiger partial charge is 0.494 e. The third-order valence-electron chi connectivity index (χ3n) is 4.46. The zero-order valence-electron chi connectivity index (χ0n) is 15.6. The van der Waals surface area contributed by atoms with Crippen LogP contribution in [-0.4, -0.2) is 29.9 Å². The lowest BCUT2D eigenvalue weighted by Gasteiger charge is -2.10. The highest BCUT2D eigenvalue weighted by molar-refractivity contribution is 7.92. The van der Waals surface area contributed by atoms with Gasteiger partial charge < -0.3 is 4.74 Å². The Balaban J connectivity index is 1.68. The van der Waals surface area contributed by atoms with E-state index in [4.69, 9.17) is 4.74 Å². The molecule has 4 rings (SSSR count). The second kappa shape index (κ2) is 7.17. The van der Waals surface area contributed by atoms with Crippen LogP contribution in [0.3, 0.4) is 0 Å². The number of hydrogen-bond acceptors (Lipinski definition) is 5. The molecule has 0 atom stereocenters. The summed E-state index contributed by atoms with van der Waals surface area (Å²) in [5.41, 5.74) is 2.64. The molecule has 2 heterocycles. The quantitative estimate of drug-likeness (QED) is 0.541. The summed E-state index contributed by atoms with van der Waals surface area (Å²) in [6, 6.07) is 12.1. The second-order valence-corrected chi connectivity index (χ2v) is 8.00. The number of halogens is 1. The van der Waals surface area contributed by atoms with Crippen molar-refractivity contribution in [2.75, 3.05) is 11.8 Å². The molecule has 0 radical (unpaired) electrons. The van der Waals surface area contributed by atoms with Crippen LogP contribution in [0.25, 0.3) is 17.0 Å². The summed E-state index contributed by atoms with van der Waals surface area (Å²) in [4.78, 5) is 8.55. The van der Waals surface area contributed by atoms with Crippen LogP contribution >= 0.6 is 0 Å². The Morgan fingerprint density at radius 3 is 2.69 bits per heavy atom. The molecule has 2 aromatic carbocycles. The SMILES string of the molecule is COc1ccc(S(=O)(=O)Nc2cccc(-c3nc4ncccn4c3C)c2)cc1F. The van der Waals surface area contributed by atoms with Crippen molar-refractivity contribution in [2.45, 2.75) is 11.8 Å². The fourth-order valence-electron chi connectivity index (χ4n) is 3.03. The average molecular weight is 412 g/mol. The maximum Gasteiger partial charge on any atom is 0.262 e. The molecule has 0 saturated carbocycles. The van der Waals surface area contributed by atoms with Crippen LogP contribution in [0, 0.1) is 12.7 Å². The van der Waals surface area contributed by atoms with Crippen LogP contribution in [-0.2, 0) is 10.0 Å². The average Bonchev–Trinajstić information content (AvgIpc) is 3.05. The highest BCUT2D eigenvalue weighted by Crippen LogP contribution is 2.27. The summed E-state index contributed by atoms with van der Waals surface area (Å²) >= 11 is 0. The Kier molecular flexibility index (Phi) is 4.67. The maximum atomic E-state index is 13.9. The minimum absolute atomic E-state index is 0.0260. The second-order valence-electron chi connectivity index (χ2n) is 6.32. The van der Waals surface area contributed by atoms with Crippen molar-refractivity contribution in [3.05, 3.63) is 72.4 Å². The molecule has 9 heteroatoms. The van der Waals surface area contributed by atoms with Crippen molar-refractivity contribution in [3.8, 4) is 17.0 Å². The van der Waals surface area contributed by atoms with Crippen molar-refractivity contribution >= 4 is 21.5 Å². The van der Waals surface area contributed by atoms with Gasteiger partial charge in [-0.1, -0.05) is 12.1 Å². The topological polar surface area (TPSA) is 85.6 Å². The number of anilines is 1. The van der Waals surface area contributed by atoms with Gasteiger partial charge in [-0.25, -0.2) is 22.8 Å². The van der Waals surface area contributed by atoms with Gasteiger partial charge >= 0.3 is 0 Å². The Hall–Kier alpha value is -3.46. The Bertz CT molecular complexity index is 1320. The van der Waals surface area contributed by atoms with Gasteiger partial charge in [-0.2, -0.15) is 0 Å². The molecule has 2 aromatic heterocycles. The molecule has 0 aliphatic carbocycles. The van der Waals surface area contributed by atoms with Gasteiger partial charge in [0.25, 0.3) is 10.0 Å². The summed E-state index contributed by atoms with van der Waals surface area (Å²) in [5.74, 6) is -0.224. The number of aryl methyl sites for hydroxylation is 1. The van der Waals surface area contributed by atoms with Gasteiger partial charge in [0.05, 0.1) is 17.7 Å². The van der Waals surface area contributed by atoms with Crippen LogP contribution in [0.1, 0.15) is 5.69 Å². The molecule has 0 bridgehead atoms. The number of nitrogens with zero attached hydrogens (tertiary/aromatic N) is 3. The summed E-state index contributed by atoms with van der Waals surface area (Å²) in [6.07, 6.45) is 3.52. The monoisotopic (exact) mass is 412 g/mol. The van der Waals surface area contributed by atoms with Gasteiger partial charge in [0.2, 0.25) is 5.78 Å². The molecule has 4 aromatic rings. The van der Waals surface area contributed by atoms with Crippen molar-refractivity contribution in [1.29, 1.82) is 0 Å². The number of methoxy groups -OCH3 is 1. The van der Waals surface area contributed by atoms with Crippen molar-refractivity contribution in [1.82, 2.24) is 14.4 Å². The number of ether oxygens (including phenoxy) is 1. The molecule has 0 amide bonds. The van der Waals surface area contributed by atoms with E-state index in [2.05, 4.69) is 14.7 Å². The first-order valence-electron chi connectivity index (χ1n) is 8.65. The van der Waals surface area contributed by atoms with E-state index in [0.29, 0.717) is 17.2 Å². The summed E-state index contributed by atoms with van der Waals surface area (Å²) in [6.45, 7) is 1.91. The first-order valence-corrected chi connectivity index (χ1v) is 10.1. The smallest absolute Gasteiger partial charge is 0.262 e. The van der Waals surface area contributed by atoms with Gasteiger partial charge in [0.1, 0.15) is 0 Å². The Labute approximate surface area is 166 Å². The maximum absolute atomic E-state index is 13.9. The number of benzene rings is 2. The van der Waals surface area contributed by atoms with Gasteiger partial charge in [0.15, 0.2) is 11.6 Å². The van der Waals surface area contributed by atoms with Crippen molar-refractivity contribution in [2.24, 2.45) is 0 Å². The molecular weight excluding hydrogens is 395 g/mol. The molecule has 0 aliphatic rings. The lowest BCUT2D eigenvalue weighted by atomic mass is 10.1. The van der Waals surface area contributed by atoms with Crippen LogP contribution < -0.4 is 9.46 Å². The van der Waals surface area contributed by atoms with E-state index in [1.165, 1.54) is 19.2 Å². The standard InChI is InChI=1S/C20H17FN4O3S/c1-13-19(23-20-22-9-4-10-25(13)20)14-5-3-6-15(11-14)24-29(26,27)16-7-8-18(28-2)17(21)12-16/h3-12,24H,1-2H3. The Morgan fingerprint density at radius 2 is 1.97 bits per heavy atom. The van der Waals surface area contributed by atoms with Gasteiger partial charge in [0, 0.05) is 29.3 Å². The summed E-state index contributed by atoms with van der Waals surface area (Å²) in [5, 5.41) is 0. The molecule has 0 unspecified atom stereocenters. The van der Waals surface area contributed by atoms with E-state index in [1.807, 2.05) is 29.7 Å². The number of imidazole rings is 1. The lowest BCUT2D eigenvalue weighted by Crippen LogP contribution is -2.13. The van der Waals surface area contributed by atoms with E-state index in [9.17, 15) is 12.8 Å². The highest BCUT2D eigenvalue weighted by Gasteiger charge is 2.18. The number of sulfonamides is 1. The fourth-order valence-corrected chi connectivity index (χ4v) is 4.10. The summed E-state index contributed by atoms with van der Waals surface area (Å²) in [7, 11) is -2.67. The van der Waals surface area contributed by atoms with Gasteiger partial charge in [-0.05, 0) is 43.3 Å². The fraction of sp³-hybridized carbons (Fsp3) is 0.100. The normalized spacial score (nSPS) is 11.6. The molecule has 7 nitrogen and oxygen atoms in total. The molecular formula is C20H17FN4O3S. The molecule has 1 N–H and O–H groups in total. The minimum Gasteiger partial charge on any atom is -0.494 e. The first kappa shape index (κ1) is 18.9. The molecule has 148 valence electrons. The molecule has 0 aliphatic heterocycles. The van der Waals surface area contributed by atoms with E-state index < -0.39 is 15.8 Å².